The second-order valence-electron chi connectivity index (χ2n) is 8.79. The van der Waals surface area contributed by atoms with E-state index in [1.54, 1.807) is 19.4 Å². The summed E-state index contributed by atoms with van der Waals surface area (Å²) >= 11 is 0. The average molecular weight is 456 g/mol. The summed E-state index contributed by atoms with van der Waals surface area (Å²) in [5.41, 5.74) is 1.68. The molecule has 180 valence electrons. The van der Waals surface area contributed by atoms with Crippen molar-refractivity contribution >= 4 is 18.3 Å². The second kappa shape index (κ2) is 12.3. The minimum atomic E-state index is -0.408. The maximum atomic E-state index is 13.4. The van der Waals surface area contributed by atoms with E-state index in [0.717, 1.165) is 12.0 Å². The summed E-state index contributed by atoms with van der Waals surface area (Å²) in [6.07, 6.45) is 7.84. The van der Waals surface area contributed by atoms with Gasteiger partial charge in [0.2, 0.25) is 0 Å². The Morgan fingerprint density at radius 1 is 1.33 bits per heavy atom. The van der Waals surface area contributed by atoms with Crippen LogP contribution in [-0.4, -0.2) is 61.7 Å². The predicted octanol–water partition coefficient (Wildman–Crippen LogP) is 4.60. The molecule has 2 rings (SSSR count). The number of nitrogens with zero attached hydrogens (tertiary/aromatic N) is 2. The van der Waals surface area contributed by atoms with Crippen LogP contribution in [0, 0.1) is 5.41 Å². The molecular weight excluding hydrogens is 418 g/mol. The van der Waals surface area contributed by atoms with Gasteiger partial charge < -0.3 is 24.5 Å². The van der Waals surface area contributed by atoms with Crippen molar-refractivity contribution in [2.75, 3.05) is 26.9 Å². The Kier molecular flexibility index (Phi) is 9.85. The molecule has 0 atom stereocenters. The smallest absolute Gasteiger partial charge is 0.272 e. The number of ether oxygens (including phenoxy) is 3. The van der Waals surface area contributed by atoms with Crippen LogP contribution in [0.3, 0.4) is 0 Å². The Labute approximate surface area is 197 Å². The molecule has 1 fully saturated rings. The van der Waals surface area contributed by atoms with Gasteiger partial charge in [-0.15, -0.1) is 0 Å². The Morgan fingerprint density at radius 3 is 2.70 bits per heavy atom. The summed E-state index contributed by atoms with van der Waals surface area (Å²) in [6.45, 7) is 11.3. The predicted molar refractivity (Wildman–Crippen MR) is 133 cm³/mol. The molecule has 1 aliphatic heterocycles. The molecule has 1 heterocycles. The maximum absolute atomic E-state index is 13.4. The van der Waals surface area contributed by atoms with E-state index >= 15 is 0 Å². The van der Waals surface area contributed by atoms with E-state index in [1.165, 1.54) is 6.21 Å². The second-order valence-corrected chi connectivity index (χ2v) is 8.79. The van der Waals surface area contributed by atoms with Crippen molar-refractivity contribution in [2.45, 2.75) is 59.1 Å². The molecule has 7 heteroatoms. The number of methoxy groups -OCH3 is 1. The van der Waals surface area contributed by atoms with Crippen LogP contribution in [0.15, 0.2) is 46.6 Å². The summed E-state index contributed by atoms with van der Waals surface area (Å²) in [6, 6.07) is 5.89. The maximum Gasteiger partial charge on any atom is 0.272 e. The van der Waals surface area contributed by atoms with E-state index in [1.807, 2.05) is 63.8 Å². The average Bonchev–Trinajstić information content (AvgIpc) is 2.78. The molecule has 7 nitrogen and oxygen atoms in total. The van der Waals surface area contributed by atoms with Gasteiger partial charge in [0.15, 0.2) is 11.5 Å². The van der Waals surface area contributed by atoms with E-state index in [2.05, 4.69) is 4.99 Å². The summed E-state index contributed by atoms with van der Waals surface area (Å²) in [4.78, 5) is 19.6. The molecule has 0 unspecified atom stereocenters. The van der Waals surface area contributed by atoms with Crippen molar-refractivity contribution in [3.8, 4) is 11.5 Å². The van der Waals surface area contributed by atoms with Gasteiger partial charge in [-0.05, 0) is 65.2 Å². The van der Waals surface area contributed by atoms with Crippen LogP contribution in [0.4, 0.5) is 0 Å². The van der Waals surface area contributed by atoms with E-state index < -0.39 is 5.54 Å². The fourth-order valence-electron chi connectivity index (χ4n) is 3.50. The first kappa shape index (κ1) is 26.3. The van der Waals surface area contributed by atoms with Gasteiger partial charge in [-0.25, -0.2) is 0 Å². The van der Waals surface area contributed by atoms with Gasteiger partial charge >= 0.3 is 0 Å². The molecule has 1 aliphatic rings. The lowest BCUT2D eigenvalue weighted by molar-refractivity contribution is -0.142. The first-order valence-corrected chi connectivity index (χ1v) is 11.4. The summed E-state index contributed by atoms with van der Waals surface area (Å²) < 4.78 is 16.8. The number of benzene rings is 1. The van der Waals surface area contributed by atoms with Crippen LogP contribution >= 0.6 is 0 Å². The number of nitrogens with one attached hydrogen (secondary N) is 1. The molecule has 1 N–H and O–H groups in total. The Bertz CT molecular complexity index is 916. The number of aliphatic imine (C=N–C) groups is 1. The largest absolute Gasteiger partial charge is 0.493 e. The van der Waals surface area contributed by atoms with Crippen molar-refractivity contribution in [1.29, 1.82) is 5.41 Å². The third-order valence-corrected chi connectivity index (χ3v) is 5.32. The first-order chi connectivity index (χ1) is 15.7. The SMILES string of the molecule is C\C=C(C=N)/C=N/C(=C/CCc1ccc(OC(C)C)c(OC)c1)C(=O)N1CCOCC1(C)C. The zero-order valence-electron chi connectivity index (χ0n) is 20.7. The third-order valence-electron chi connectivity index (χ3n) is 5.32. The van der Waals surface area contributed by atoms with Crippen molar-refractivity contribution in [3.05, 3.63) is 47.2 Å². The normalized spacial score (nSPS) is 16.9. The highest BCUT2D eigenvalue weighted by Crippen LogP contribution is 2.29. The van der Waals surface area contributed by atoms with Gasteiger partial charge in [-0.1, -0.05) is 18.2 Å². The molecule has 0 aromatic heterocycles. The van der Waals surface area contributed by atoms with Gasteiger partial charge in [0.25, 0.3) is 5.91 Å². The van der Waals surface area contributed by atoms with Crippen molar-refractivity contribution in [1.82, 2.24) is 4.90 Å². The number of allylic oxidation sites excluding steroid dienone is 3. The molecular formula is C26H37N3O4. The first-order valence-electron chi connectivity index (χ1n) is 11.4. The van der Waals surface area contributed by atoms with Crippen molar-refractivity contribution < 1.29 is 19.0 Å². The minimum Gasteiger partial charge on any atom is -0.493 e. The molecule has 33 heavy (non-hydrogen) atoms. The Hall–Kier alpha value is -2.93. The molecule has 0 bridgehead atoms. The van der Waals surface area contributed by atoms with Crippen molar-refractivity contribution in [3.63, 3.8) is 0 Å². The number of carbonyl (C=O) groups is 1. The lowest BCUT2D eigenvalue weighted by atomic mass is 10.0. The molecule has 1 amide bonds. The number of carbonyl (C=O) groups excluding carboxylic acids is 1. The Morgan fingerprint density at radius 2 is 2.09 bits per heavy atom. The highest BCUT2D eigenvalue weighted by molar-refractivity contribution is 6.05. The standard InChI is InChI=1S/C26H37N3O4/c1-7-20(16-27)17-28-22(25(30)29-13-14-32-18-26(29,4)5)10-8-9-21-11-12-23(33-19(2)3)24(15-21)31-6/h7,10-12,15-17,19,27H,8-9,13-14,18H2,1-6H3/b20-7-,22-10+,27-16?,28-17+. The van der Waals surface area contributed by atoms with Crippen molar-refractivity contribution in [2.24, 2.45) is 4.99 Å². The van der Waals surface area contributed by atoms with Gasteiger partial charge in [0.1, 0.15) is 5.70 Å². The molecule has 1 aromatic rings. The fourth-order valence-corrected chi connectivity index (χ4v) is 3.50. The molecule has 0 radical (unpaired) electrons. The van der Waals surface area contributed by atoms with Crippen LogP contribution < -0.4 is 9.47 Å². The highest BCUT2D eigenvalue weighted by atomic mass is 16.5. The quantitative estimate of drug-likeness (QED) is 0.413. The molecule has 0 saturated carbocycles. The summed E-state index contributed by atoms with van der Waals surface area (Å²) in [7, 11) is 1.63. The van der Waals surface area contributed by atoms with Crippen LogP contribution in [0.5, 0.6) is 11.5 Å². The minimum absolute atomic E-state index is 0.0616. The van der Waals surface area contributed by atoms with Gasteiger partial charge in [0, 0.05) is 24.5 Å². The molecule has 0 spiro atoms. The zero-order valence-corrected chi connectivity index (χ0v) is 20.7. The lowest BCUT2D eigenvalue weighted by Crippen LogP contribution is -2.55. The summed E-state index contributed by atoms with van der Waals surface area (Å²) in [5, 5.41) is 7.48. The van der Waals surface area contributed by atoms with Gasteiger partial charge in [-0.2, -0.15) is 0 Å². The van der Waals surface area contributed by atoms with Crippen LogP contribution in [-0.2, 0) is 16.0 Å². The highest BCUT2D eigenvalue weighted by Gasteiger charge is 2.35. The van der Waals surface area contributed by atoms with Crippen LogP contribution in [0.2, 0.25) is 0 Å². The number of morpholine rings is 1. The monoisotopic (exact) mass is 455 g/mol. The number of hydrogen-bond donors (Lipinski definition) is 1. The molecule has 0 aliphatic carbocycles. The van der Waals surface area contributed by atoms with Crippen LogP contribution in [0.1, 0.15) is 46.6 Å². The zero-order chi connectivity index (χ0) is 24.4. The molecule has 1 saturated heterocycles. The topological polar surface area (TPSA) is 84.2 Å². The third kappa shape index (κ3) is 7.56. The van der Waals surface area contributed by atoms with Crippen LogP contribution in [0.25, 0.3) is 0 Å². The fraction of sp³-hybridized carbons (Fsp3) is 0.500. The van der Waals surface area contributed by atoms with E-state index in [9.17, 15) is 4.79 Å². The van der Waals surface area contributed by atoms with E-state index in [-0.39, 0.29) is 12.0 Å². The number of aryl methyl sites for hydroxylation is 1. The summed E-state index contributed by atoms with van der Waals surface area (Å²) in [5.74, 6) is 1.28. The van der Waals surface area contributed by atoms with E-state index in [0.29, 0.717) is 48.9 Å². The van der Waals surface area contributed by atoms with Gasteiger partial charge in [0.05, 0.1) is 32.0 Å². The number of hydrogen-bond acceptors (Lipinski definition) is 6. The lowest BCUT2D eigenvalue weighted by Gasteiger charge is -2.42. The number of rotatable bonds is 10. The number of amides is 1. The molecule has 1 aromatic carbocycles. The Balaban J connectivity index is 2.23. The van der Waals surface area contributed by atoms with E-state index in [4.69, 9.17) is 19.6 Å². The van der Waals surface area contributed by atoms with Gasteiger partial charge in [-0.3, -0.25) is 9.79 Å².